The van der Waals surface area contributed by atoms with Crippen LogP contribution in [0.25, 0.3) is 0 Å². The first-order chi connectivity index (χ1) is 12.5. The molecule has 0 saturated carbocycles. The van der Waals surface area contributed by atoms with Crippen molar-refractivity contribution in [3.63, 3.8) is 0 Å². The highest BCUT2D eigenvalue weighted by Gasteiger charge is 2.21. The molecule has 1 aliphatic heterocycles. The second-order valence-corrected chi connectivity index (χ2v) is 6.95. The smallest absolute Gasteiger partial charge is 0.345 e. The molecule has 0 atom stereocenters. The molecule has 1 saturated heterocycles. The van der Waals surface area contributed by atoms with Crippen LogP contribution >= 0.6 is 11.3 Å². The first-order valence-electron chi connectivity index (χ1n) is 8.15. The molecule has 1 fully saturated rings. The van der Waals surface area contributed by atoms with E-state index >= 15 is 0 Å². The molecular weight excluding hydrogens is 356 g/mol. The second kappa shape index (κ2) is 8.01. The quantitative estimate of drug-likeness (QED) is 0.775. The number of thiophene rings is 1. The number of nitrogens with one attached hydrogen (secondary N) is 1. The van der Waals surface area contributed by atoms with Crippen LogP contribution in [-0.4, -0.2) is 36.0 Å². The van der Waals surface area contributed by atoms with Gasteiger partial charge in [0, 0.05) is 29.6 Å². The van der Waals surface area contributed by atoms with E-state index in [0.717, 1.165) is 28.3 Å². The Bertz CT molecular complexity index is 832. The van der Waals surface area contributed by atoms with E-state index in [-0.39, 0.29) is 29.8 Å². The molecule has 0 unspecified atom stereocenters. The van der Waals surface area contributed by atoms with Crippen molar-refractivity contribution in [2.45, 2.75) is 19.4 Å². The SMILES string of the molecule is O=C(COc1cccc(N2CCCC2=O)c1)NCc1ccc(C(=O)O)s1. The van der Waals surface area contributed by atoms with Gasteiger partial charge < -0.3 is 20.1 Å². The van der Waals surface area contributed by atoms with Gasteiger partial charge in [-0.05, 0) is 30.7 Å². The molecule has 2 amide bonds. The third-order valence-corrected chi connectivity index (χ3v) is 4.98. The van der Waals surface area contributed by atoms with Crippen LogP contribution in [0.2, 0.25) is 0 Å². The lowest BCUT2D eigenvalue weighted by Crippen LogP contribution is -2.28. The summed E-state index contributed by atoms with van der Waals surface area (Å²) in [6, 6.07) is 10.3. The number of nitrogens with zero attached hydrogens (tertiary/aromatic N) is 1. The zero-order valence-corrected chi connectivity index (χ0v) is 14.8. The summed E-state index contributed by atoms with van der Waals surface area (Å²) in [7, 11) is 0. The summed E-state index contributed by atoms with van der Waals surface area (Å²) >= 11 is 1.12. The Kier molecular flexibility index (Phi) is 5.52. The Balaban J connectivity index is 1.49. The third kappa shape index (κ3) is 4.40. The van der Waals surface area contributed by atoms with E-state index in [4.69, 9.17) is 9.84 Å². The Morgan fingerprint density at radius 2 is 2.12 bits per heavy atom. The summed E-state index contributed by atoms with van der Waals surface area (Å²) in [4.78, 5) is 37.2. The van der Waals surface area contributed by atoms with Gasteiger partial charge in [-0.2, -0.15) is 0 Å². The number of carbonyl (C=O) groups excluding carboxylic acids is 2. The Hall–Kier alpha value is -2.87. The molecule has 0 radical (unpaired) electrons. The number of rotatable bonds is 7. The van der Waals surface area contributed by atoms with E-state index < -0.39 is 5.97 Å². The maximum Gasteiger partial charge on any atom is 0.345 e. The van der Waals surface area contributed by atoms with E-state index in [2.05, 4.69) is 5.32 Å². The van der Waals surface area contributed by atoms with Crippen molar-refractivity contribution in [2.24, 2.45) is 0 Å². The van der Waals surface area contributed by atoms with Crippen LogP contribution < -0.4 is 15.0 Å². The summed E-state index contributed by atoms with van der Waals surface area (Å²) in [6.45, 7) is 0.791. The van der Waals surface area contributed by atoms with E-state index in [0.29, 0.717) is 18.7 Å². The summed E-state index contributed by atoms with van der Waals surface area (Å²) in [5, 5.41) is 11.6. The molecule has 1 aromatic carbocycles. The number of amides is 2. The Morgan fingerprint density at radius 1 is 1.27 bits per heavy atom. The fraction of sp³-hybridized carbons (Fsp3) is 0.278. The number of benzene rings is 1. The summed E-state index contributed by atoms with van der Waals surface area (Å²) in [5.74, 6) is -0.677. The van der Waals surface area contributed by atoms with Gasteiger partial charge in [0.1, 0.15) is 10.6 Å². The van der Waals surface area contributed by atoms with Crippen molar-refractivity contribution in [1.82, 2.24) is 5.32 Å². The molecule has 1 aliphatic rings. The van der Waals surface area contributed by atoms with Gasteiger partial charge in [0.15, 0.2) is 6.61 Å². The van der Waals surface area contributed by atoms with Crippen LogP contribution in [0.5, 0.6) is 5.75 Å². The van der Waals surface area contributed by atoms with Gasteiger partial charge in [0.05, 0.1) is 6.54 Å². The maximum atomic E-state index is 11.9. The van der Waals surface area contributed by atoms with E-state index in [1.54, 1.807) is 29.2 Å². The van der Waals surface area contributed by atoms with Crippen molar-refractivity contribution in [3.05, 3.63) is 46.2 Å². The highest BCUT2D eigenvalue weighted by molar-refractivity contribution is 7.13. The van der Waals surface area contributed by atoms with Gasteiger partial charge in [-0.1, -0.05) is 6.07 Å². The molecule has 8 heteroatoms. The molecule has 7 nitrogen and oxygen atoms in total. The third-order valence-electron chi connectivity index (χ3n) is 3.90. The Labute approximate surface area is 154 Å². The molecule has 0 spiro atoms. The molecule has 0 aliphatic carbocycles. The minimum Gasteiger partial charge on any atom is -0.484 e. The number of carboxylic acids is 1. The molecule has 26 heavy (non-hydrogen) atoms. The van der Waals surface area contributed by atoms with Crippen LogP contribution in [0.3, 0.4) is 0 Å². The van der Waals surface area contributed by atoms with Gasteiger partial charge in [-0.15, -0.1) is 11.3 Å². The number of ether oxygens (including phenoxy) is 1. The number of hydrogen-bond donors (Lipinski definition) is 2. The monoisotopic (exact) mass is 374 g/mol. The highest BCUT2D eigenvalue weighted by Crippen LogP contribution is 2.25. The molecule has 3 rings (SSSR count). The molecule has 136 valence electrons. The minimum atomic E-state index is -0.979. The fourth-order valence-corrected chi connectivity index (χ4v) is 3.42. The van der Waals surface area contributed by atoms with Crippen LogP contribution in [0.4, 0.5) is 5.69 Å². The van der Waals surface area contributed by atoms with Crippen LogP contribution in [0, 0.1) is 0 Å². The molecular formula is C18H18N2O5S. The zero-order valence-electron chi connectivity index (χ0n) is 13.9. The van der Waals surface area contributed by atoms with Crippen LogP contribution in [0.15, 0.2) is 36.4 Å². The summed E-state index contributed by atoms with van der Waals surface area (Å²) in [5.41, 5.74) is 0.769. The average molecular weight is 374 g/mol. The van der Waals surface area contributed by atoms with Crippen molar-refractivity contribution in [2.75, 3.05) is 18.1 Å². The lowest BCUT2D eigenvalue weighted by Gasteiger charge is -2.16. The van der Waals surface area contributed by atoms with E-state index in [1.165, 1.54) is 6.07 Å². The summed E-state index contributed by atoms with van der Waals surface area (Å²) < 4.78 is 5.49. The van der Waals surface area contributed by atoms with E-state index in [1.807, 2.05) is 6.07 Å². The van der Waals surface area contributed by atoms with Crippen molar-refractivity contribution >= 4 is 34.8 Å². The van der Waals surface area contributed by atoms with Gasteiger partial charge in [0.2, 0.25) is 5.91 Å². The largest absolute Gasteiger partial charge is 0.484 e. The molecule has 2 N–H and O–H groups in total. The van der Waals surface area contributed by atoms with Gasteiger partial charge in [0.25, 0.3) is 5.91 Å². The van der Waals surface area contributed by atoms with Crippen LogP contribution in [0.1, 0.15) is 27.4 Å². The Morgan fingerprint density at radius 3 is 2.81 bits per heavy atom. The molecule has 2 aromatic rings. The predicted molar refractivity (Wildman–Crippen MR) is 96.6 cm³/mol. The normalized spacial score (nSPS) is 13.7. The predicted octanol–water partition coefficient (Wildman–Crippen LogP) is 2.27. The number of carboxylic acid groups (broad SMARTS) is 1. The number of aromatic carboxylic acids is 1. The highest BCUT2D eigenvalue weighted by atomic mass is 32.1. The van der Waals surface area contributed by atoms with Gasteiger partial charge in [-0.25, -0.2) is 4.79 Å². The van der Waals surface area contributed by atoms with Crippen LogP contribution in [-0.2, 0) is 16.1 Å². The molecule has 0 bridgehead atoms. The number of carbonyl (C=O) groups is 3. The van der Waals surface area contributed by atoms with Crippen molar-refractivity contribution in [3.8, 4) is 5.75 Å². The minimum absolute atomic E-state index is 0.0940. The second-order valence-electron chi connectivity index (χ2n) is 5.78. The van der Waals surface area contributed by atoms with Crippen molar-refractivity contribution in [1.29, 1.82) is 0 Å². The fourth-order valence-electron chi connectivity index (χ4n) is 2.64. The standard InChI is InChI=1S/C18H18N2O5S/c21-16(19-10-14-6-7-15(26-14)18(23)24)11-25-13-4-1-3-12(9-13)20-8-2-5-17(20)22/h1,3-4,6-7,9H,2,5,8,10-11H2,(H,19,21)(H,23,24). The van der Waals surface area contributed by atoms with Gasteiger partial charge >= 0.3 is 5.97 Å². The number of hydrogen-bond acceptors (Lipinski definition) is 5. The van der Waals surface area contributed by atoms with Gasteiger partial charge in [-0.3, -0.25) is 9.59 Å². The molecule has 2 heterocycles. The number of anilines is 1. The first-order valence-corrected chi connectivity index (χ1v) is 8.96. The first kappa shape index (κ1) is 17.9. The topological polar surface area (TPSA) is 95.9 Å². The van der Waals surface area contributed by atoms with Crippen molar-refractivity contribution < 1.29 is 24.2 Å². The zero-order chi connectivity index (χ0) is 18.5. The maximum absolute atomic E-state index is 11.9. The average Bonchev–Trinajstić information content (AvgIpc) is 3.27. The van der Waals surface area contributed by atoms with E-state index in [9.17, 15) is 14.4 Å². The summed E-state index contributed by atoms with van der Waals surface area (Å²) in [6.07, 6.45) is 1.40. The molecule has 1 aromatic heterocycles. The lowest BCUT2D eigenvalue weighted by atomic mass is 10.3. The lowest BCUT2D eigenvalue weighted by molar-refractivity contribution is -0.123.